The molecule has 172 valence electrons. The number of aliphatic hydroxyl groups is 1. The van der Waals surface area contributed by atoms with Gasteiger partial charge in [0.15, 0.2) is 0 Å². The van der Waals surface area contributed by atoms with E-state index >= 15 is 0 Å². The molecule has 2 N–H and O–H groups in total. The third-order valence-electron chi connectivity index (χ3n) is 6.88. The fraction of sp³-hybridized carbons (Fsp3) is 0.542. The van der Waals surface area contributed by atoms with Gasteiger partial charge in [0.25, 0.3) is 0 Å². The average Bonchev–Trinajstić information content (AvgIpc) is 3.16. The van der Waals surface area contributed by atoms with Gasteiger partial charge in [0.2, 0.25) is 5.91 Å². The number of benzene rings is 1. The summed E-state index contributed by atoms with van der Waals surface area (Å²) in [5.41, 5.74) is 0.0912. The van der Waals surface area contributed by atoms with Crippen LogP contribution < -0.4 is 10.2 Å². The lowest BCUT2D eigenvalue weighted by molar-refractivity contribution is -0.134. The predicted octanol–water partition coefficient (Wildman–Crippen LogP) is 1.94. The van der Waals surface area contributed by atoms with Crippen molar-refractivity contribution in [2.75, 3.05) is 44.7 Å². The van der Waals surface area contributed by atoms with Crippen molar-refractivity contribution >= 4 is 11.7 Å². The van der Waals surface area contributed by atoms with Crippen molar-refractivity contribution in [1.29, 1.82) is 0 Å². The molecule has 0 spiro atoms. The van der Waals surface area contributed by atoms with Gasteiger partial charge in [0.05, 0.1) is 5.41 Å². The molecule has 1 aromatic carbocycles. The Morgan fingerprint density at radius 3 is 2.69 bits per heavy atom. The van der Waals surface area contributed by atoms with Gasteiger partial charge in [-0.05, 0) is 70.4 Å². The molecule has 0 bridgehead atoms. The van der Waals surface area contributed by atoms with Crippen LogP contribution in [0.15, 0.2) is 36.7 Å². The van der Waals surface area contributed by atoms with Gasteiger partial charge in [0, 0.05) is 31.4 Å². The Labute approximate surface area is 188 Å². The number of rotatable bonds is 6. The molecule has 1 atom stereocenters. The highest BCUT2D eigenvalue weighted by Gasteiger charge is 2.43. The minimum atomic E-state index is -1.01. The van der Waals surface area contributed by atoms with E-state index in [9.17, 15) is 14.3 Å². The number of aromatic nitrogens is 2. The Hall–Kier alpha value is -2.58. The van der Waals surface area contributed by atoms with E-state index in [1.807, 2.05) is 24.0 Å². The van der Waals surface area contributed by atoms with Gasteiger partial charge in [-0.3, -0.25) is 4.79 Å². The van der Waals surface area contributed by atoms with Crippen molar-refractivity contribution in [3.63, 3.8) is 0 Å². The van der Waals surface area contributed by atoms with E-state index in [0.29, 0.717) is 38.8 Å². The zero-order valence-electron chi connectivity index (χ0n) is 18.9. The SMILES string of the molecule is Cc1cc(N2CCC(O)(CNC(=O)C3(Cc4cccc(F)c4)CCN(C)CC3)C2)ncn1. The fourth-order valence-electron chi connectivity index (χ4n) is 4.81. The Bertz CT molecular complexity index is 963. The highest BCUT2D eigenvalue weighted by atomic mass is 19.1. The van der Waals surface area contributed by atoms with Crippen LogP contribution in [0.2, 0.25) is 0 Å². The molecule has 2 aliphatic rings. The van der Waals surface area contributed by atoms with E-state index in [1.54, 1.807) is 6.07 Å². The second kappa shape index (κ2) is 9.11. The van der Waals surface area contributed by atoms with Crippen molar-refractivity contribution in [2.45, 2.75) is 38.2 Å². The maximum Gasteiger partial charge on any atom is 0.226 e. The number of β-amino-alcohol motifs (C(OH)–C–C–N with tert-alkyl or cyclic N) is 1. The largest absolute Gasteiger partial charge is 0.386 e. The van der Waals surface area contributed by atoms with Crippen molar-refractivity contribution in [3.8, 4) is 0 Å². The molecule has 0 aliphatic carbocycles. The second-order valence-electron chi connectivity index (χ2n) is 9.49. The first-order valence-corrected chi connectivity index (χ1v) is 11.2. The number of piperidine rings is 1. The molecule has 1 unspecified atom stereocenters. The summed E-state index contributed by atoms with van der Waals surface area (Å²) < 4.78 is 13.8. The minimum absolute atomic E-state index is 0.0559. The molecule has 1 amide bonds. The zero-order chi connectivity index (χ0) is 22.8. The monoisotopic (exact) mass is 441 g/mol. The smallest absolute Gasteiger partial charge is 0.226 e. The van der Waals surface area contributed by atoms with Crippen molar-refractivity contribution in [3.05, 3.63) is 53.7 Å². The van der Waals surface area contributed by atoms with Crippen LogP contribution in [0.4, 0.5) is 10.2 Å². The van der Waals surface area contributed by atoms with Crippen LogP contribution in [0.5, 0.6) is 0 Å². The van der Waals surface area contributed by atoms with Gasteiger partial charge in [0.1, 0.15) is 23.6 Å². The standard InChI is InChI=1S/C24H32FN5O2/c1-18-12-21(28-17-27-18)30-11-8-24(32,16-30)15-26-22(31)23(6-9-29(2)10-7-23)14-19-4-3-5-20(25)13-19/h3-5,12-13,17,32H,6-11,14-16H2,1-2H3,(H,26,31). The number of halogens is 1. The van der Waals surface area contributed by atoms with E-state index in [2.05, 4.69) is 27.2 Å². The molecule has 2 fully saturated rings. The third kappa shape index (κ3) is 5.07. The lowest BCUT2D eigenvalue weighted by atomic mass is 9.73. The van der Waals surface area contributed by atoms with Crippen molar-refractivity contribution in [2.24, 2.45) is 5.41 Å². The topological polar surface area (TPSA) is 81.6 Å². The summed E-state index contributed by atoms with van der Waals surface area (Å²) in [6.45, 7) is 4.80. The first-order chi connectivity index (χ1) is 15.3. The first-order valence-electron chi connectivity index (χ1n) is 11.2. The summed E-state index contributed by atoms with van der Waals surface area (Å²) >= 11 is 0. The molecular weight excluding hydrogens is 409 g/mol. The molecule has 2 saturated heterocycles. The molecule has 0 saturated carbocycles. The van der Waals surface area contributed by atoms with Gasteiger partial charge in [-0.25, -0.2) is 14.4 Å². The Morgan fingerprint density at radius 2 is 1.97 bits per heavy atom. The van der Waals surface area contributed by atoms with Gasteiger partial charge in [-0.15, -0.1) is 0 Å². The first kappa shape index (κ1) is 22.6. The number of carbonyl (C=O) groups excluding carboxylic acids is 1. The molecule has 2 aromatic rings. The molecule has 32 heavy (non-hydrogen) atoms. The van der Waals surface area contributed by atoms with Crippen LogP contribution in [0.3, 0.4) is 0 Å². The normalized spacial score (nSPS) is 23.3. The highest BCUT2D eigenvalue weighted by Crippen LogP contribution is 2.36. The quantitative estimate of drug-likeness (QED) is 0.713. The average molecular weight is 442 g/mol. The van der Waals surface area contributed by atoms with Gasteiger partial charge in [-0.1, -0.05) is 12.1 Å². The van der Waals surface area contributed by atoms with E-state index in [4.69, 9.17) is 0 Å². The Morgan fingerprint density at radius 1 is 1.19 bits per heavy atom. The number of likely N-dealkylation sites (tertiary alicyclic amines) is 1. The number of nitrogens with one attached hydrogen (secondary N) is 1. The maximum atomic E-state index is 13.8. The molecule has 2 aliphatic heterocycles. The van der Waals surface area contributed by atoms with E-state index in [1.165, 1.54) is 18.5 Å². The molecule has 3 heterocycles. The van der Waals surface area contributed by atoms with Crippen LogP contribution >= 0.6 is 0 Å². The van der Waals surface area contributed by atoms with Crippen LogP contribution in [0.1, 0.15) is 30.5 Å². The van der Waals surface area contributed by atoms with Crippen LogP contribution in [-0.2, 0) is 11.2 Å². The Kier molecular flexibility index (Phi) is 6.44. The molecule has 8 heteroatoms. The molecular formula is C24H32FN5O2. The summed E-state index contributed by atoms with van der Waals surface area (Å²) in [5, 5.41) is 14.2. The minimum Gasteiger partial charge on any atom is -0.386 e. The molecule has 7 nitrogen and oxygen atoms in total. The molecule has 4 rings (SSSR count). The predicted molar refractivity (Wildman–Crippen MR) is 121 cm³/mol. The maximum absolute atomic E-state index is 13.8. The second-order valence-corrected chi connectivity index (χ2v) is 9.49. The van der Waals surface area contributed by atoms with Crippen LogP contribution in [0.25, 0.3) is 0 Å². The third-order valence-corrected chi connectivity index (χ3v) is 6.88. The van der Waals surface area contributed by atoms with Gasteiger partial charge < -0.3 is 20.2 Å². The summed E-state index contributed by atoms with van der Waals surface area (Å²) in [6.07, 6.45) is 3.98. The summed E-state index contributed by atoms with van der Waals surface area (Å²) in [5.74, 6) is 0.448. The zero-order valence-corrected chi connectivity index (χ0v) is 18.9. The number of nitrogens with zero attached hydrogens (tertiary/aromatic N) is 4. The lowest BCUT2D eigenvalue weighted by Gasteiger charge is -2.40. The number of carbonyl (C=O) groups is 1. The van der Waals surface area contributed by atoms with Gasteiger partial charge in [-0.2, -0.15) is 0 Å². The number of aryl methyl sites for hydroxylation is 1. The van der Waals surface area contributed by atoms with Crippen LogP contribution in [-0.4, -0.2) is 71.3 Å². The highest BCUT2D eigenvalue weighted by molar-refractivity contribution is 5.83. The van der Waals surface area contributed by atoms with E-state index in [0.717, 1.165) is 30.2 Å². The lowest BCUT2D eigenvalue weighted by Crippen LogP contribution is -2.53. The fourth-order valence-corrected chi connectivity index (χ4v) is 4.81. The van der Waals surface area contributed by atoms with Crippen molar-refractivity contribution in [1.82, 2.24) is 20.2 Å². The van der Waals surface area contributed by atoms with Crippen LogP contribution in [0, 0.1) is 18.2 Å². The Balaban J connectivity index is 1.43. The number of hydrogen-bond donors (Lipinski definition) is 2. The van der Waals surface area contributed by atoms with Crippen molar-refractivity contribution < 1.29 is 14.3 Å². The number of anilines is 1. The summed E-state index contributed by atoms with van der Waals surface area (Å²) in [6, 6.07) is 8.40. The molecule has 1 aromatic heterocycles. The number of hydrogen-bond acceptors (Lipinski definition) is 6. The summed E-state index contributed by atoms with van der Waals surface area (Å²) in [4.78, 5) is 26.1. The summed E-state index contributed by atoms with van der Waals surface area (Å²) in [7, 11) is 2.05. The number of amides is 1. The molecule has 0 radical (unpaired) electrons. The van der Waals surface area contributed by atoms with E-state index in [-0.39, 0.29) is 18.3 Å². The van der Waals surface area contributed by atoms with Gasteiger partial charge >= 0.3 is 0 Å². The van der Waals surface area contributed by atoms with E-state index < -0.39 is 11.0 Å².